The topological polar surface area (TPSA) is 41.9 Å². The van der Waals surface area contributed by atoms with Crippen molar-refractivity contribution in [3.05, 3.63) is 95.7 Å². The van der Waals surface area contributed by atoms with Gasteiger partial charge in [-0.1, -0.05) is 48.0 Å². The Morgan fingerprint density at radius 2 is 1.43 bits per heavy atom. The van der Waals surface area contributed by atoms with E-state index in [0.717, 1.165) is 17.0 Å². The fourth-order valence-corrected chi connectivity index (χ4v) is 3.04. The smallest absolute Gasteiger partial charge is 0.282 e. The molecule has 1 amide bonds. The van der Waals surface area contributed by atoms with Crippen molar-refractivity contribution in [2.45, 2.75) is 13.8 Å². The molecule has 0 radical (unpaired) electrons. The third kappa shape index (κ3) is 3.71. The summed E-state index contributed by atoms with van der Waals surface area (Å²) in [5.74, 6) is 2.02. The second-order valence-corrected chi connectivity index (χ2v) is 6.65. The molecule has 1 heterocycles. The van der Waals surface area contributed by atoms with E-state index in [0.29, 0.717) is 17.3 Å². The van der Waals surface area contributed by atoms with Crippen LogP contribution < -0.4 is 9.64 Å². The van der Waals surface area contributed by atoms with E-state index in [-0.39, 0.29) is 5.91 Å². The van der Waals surface area contributed by atoms with Crippen molar-refractivity contribution in [3.8, 4) is 11.5 Å². The summed E-state index contributed by atoms with van der Waals surface area (Å²) in [7, 11) is 0. The van der Waals surface area contributed by atoms with E-state index in [4.69, 9.17) is 4.74 Å². The molecule has 1 aliphatic heterocycles. The Bertz CT molecular complexity index is 1050. The van der Waals surface area contributed by atoms with Crippen LogP contribution in [0.3, 0.4) is 0 Å². The number of hydrogen-bond donors (Lipinski definition) is 0. The molecule has 4 rings (SSSR count). The molecule has 0 fully saturated rings. The average molecular weight is 368 g/mol. The highest BCUT2D eigenvalue weighted by atomic mass is 16.5. The Balaban J connectivity index is 1.53. The van der Waals surface area contributed by atoms with Crippen LogP contribution in [0.2, 0.25) is 0 Å². The van der Waals surface area contributed by atoms with Gasteiger partial charge in [0.1, 0.15) is 23.0 Å². The molecule has 3 aromatic rings. The molecule has 0 N–H and O–H groups in total. The molecule has 4 nitrogen and oxygen atoms in total. The molecule has 0 aliphatic carbocycles. The summed E-state index contributed by atoms with van der Waals surface area (Å²) < 4.78 is 5.86. The van der Waals surface area contributed by atoms with Crippen molar-refractivity contribution in [1.82, 2.24) is 0 Å². The number of nitrogens with zero attached hydrogens (tertiary/aromatic N) is 2. The van der Waals surface area contributed by atoms with Gasteiger partial charge in [0.25, 0.3) is 5.91 Å². The van der Waals surface area contributed by atoms with Gasteiger partial charge < -0.3 is 4.74 Å². The quantitative estimate of drug-likeness (QED) is 0.563. The van der Waals surface area contributed by atoms with Crippen molar-refractivity contribution < 1.29 is 9.53 Å². The van der Waals surface area contributed by atoms with Gasteiger partial charge in [0, 0.05) is 0 Å². The summed E-state index contributed by atoms with van der Waals surface area (Å²) >= 11 is 0. The van der Waals surface area contributed by atoms with Crippen molar-refractivity contribution >= 4 is 23.5 Å². The Morgan fingerprint density at radius 1 is 0.821 bits per heavy atom. The Morgan fingerprint density at radius 3 is 2.07 bits per heavy atom. The first-order chi connectivity index (χ1) is 13.6. The summed E-state index contributed by atoms with van der Waals surface area (Å²) in [6, 6.07) is 25.0. The number of carbonyl (C=O) groups is 1. The zero-order chi connectivity index (χ0) is 19.5. The fourth-order valence-electron chi connectivity index (χ4n) is 3.04. The van der Waals surface area contributed by atoms with Gasteiger partial charge in [-0.05, 0) is 61.9 Å². The summed E-state index contributed by atoms with van der Waals surface area (Å²) in [6.07, 6.45) is 1.81. The summed E-state index contributed by atoms with van der Waals surface area (Å²) in [6.45, 7) is 3.87. The summed E-state index contributed by atoms with van der Waals surface area (Å²) in [4.78, 5) is 18.9. The highest BCUT2D eigenvalue weighted by Gasteiger charge is 2.28. The minimum atomic E-state index is -0.131. The van der Waals surface area contributed by atoms with E-state index in [1.807, 2.05) is 92.7 Å². The third-order valence-corrected chi connectivity index (χ3v) is 4.48. The van der Waals surface area contributed by atoms with Gasteiger partial charge in [-0.15, -0.1) is 0 Å². The molecule has 0 atom stereocenters. The molecule has 0 saturated heterocycles. The maximum Gasteiger partial charge on any atom is 0.282 e. The van der Waals surface area contributed by atoms with Gasteiger partial charge in [0.2, 0.25) is 0 Å². The molecule has 0 bridgehead atoms. The monoisotopic (exact) mass is 368 g/mol. The highest BCUT2D eigenvalue weighted by Crippen LogP contribution is 2.28. The zero-order valence-corrected chi connectivity index (χ0v) is 15.8. The first kappa shape index (κ1) is 17.7. The third-order valence-electron chi connectivity index (χ3n) is 4.48. The van der Waals surface area contributed by atoms with Crippen LogP contribution in [0.1, 0.15) is 18.1 Å². The molecule has 1 aliphatic rings. The number of anilines is 1. The average Bonchev–Trinajstić information content (AvgIpc) is 2.98. The fraction of sp³-hybridized carbons (Fsp3) is 0.0833. The SMILES string of the molecule is CC1=N/C(=C/c2ccccc2)C(=O)N1c1ccc(Oc2ccc(C)cc2)cc1. The predicted octanol–water partition coefficient (Wildman–Crippen LogP) is 5.59. The molecule has 0 aromatic heterocycles. The van der Waals surface area contributed by atoms with Crippen molar-refractivity contribution in [1.29, 1.82) is 0 Å². The number of aryl methyl sites for hydroxylation is 1. The predicted molar refractivity (Wildman–Crippen MR) is 113 cm³/mol. The lowest BCUT2D eigenvalue weighted by Gasteiger charge is -2.16. The molecule has 3 aromatic carbocycles. The Hall–Kier alpha value is -3.66. The van der Waals surface area contributed by atoms with Crippen LogP contribution in [0, 0.1) is 6.92 Å². The first-order valence-corrected chi connectivity index (χ1v) is 9.11. The molecule has 4 heteroatoms. The van der Waals surface area contributed by atoms with Gasteiger partial charge in [0.05, 0.1) is 5.69 Å². The summed E-state index contributed by atoms with van der Waals surface area (Å²) in [5.41, 5.74) is 3.33. The van der Waals surface area contributed by atoms with E-state index in [2.05, 4.69) is 4.99 Å². The minimum Gasteiger partial charge on any atom is -0.457 e. The molecular formula is C24H20N2O2. The van der Waals surface area contributed by atoms with E-state index < -0.39 is 0 Å². The van der Waals surface area contributed by atoms with Crippen molar-refractivity contribution in [3.63, 3.8) is 0 Å². The van der Waals surface area contributed by atoms with Gasteiger partial charge >= 0.3 is 0 Å². The lowest BCUT2D eigenvalue weighted by Crippen LogP contribution is -2.30. The Labute approximate surface area is 164 Å². The van der Waals surface area contributed by atoms with E-state index >= 15 is 0 Å². The number of amidine groups is 1. The zero-order valence-electron chi connectivity index (χ0n) is 15.8. The number of amides is 1. The van der Waals surface area contributed by atoms with Crippen LogP contribution in [0.25, 0.3) is 6.08 Å². The van der Waals surface area contributed by atoms with Crippen LogP contribution in [0.15, 0.2) is 89.6 Å². The molecule has 0 spiro atoms. The number of aliphatic imine (C=N–C) groups is 1. The van der Waals surface area contributed by atoms with E-state index in [1.54, 1.807) is 11.0 Å². The van der Waals surface area contributed by atoms with E-state index in [9.17, 15) is 4.79 Å². The van der Waals surface area contributed by atoms with E-state index in [1.165, 1.54) is 5.56 Å². The van der Waals surface area contributed by atoms with Gasteiger partial charge in [-0.3, -0.25) is 9.69 Å². The molecule has 28 heavy (non-hydrogen) atoms. The van der Waals surface area contributed by atoms with Gasteiger partial charge in [0.15, 0.2) is 0 Å². The lowest BCUT2D eigenvalue weighted by atomic mass is 10.2. The van der Waals surface area contributed by atoms with Crippen LogP contribution in [-0.4, -0.2) is 11.7 Å². The number of carbonyl (C=O) groups excluding carboxylic acids is 1. The highest BCUT2D eigenvalue weighted by molar-refractivity contribution is 6.28. The largest absolute Gasteiger partial charge is 0.457 e. The molecule has 0 saturated carbocycles. The number of benzene rings is 3. The van der Waals surface area contributed by atoms with Gasteiger partial charge in [-0.25, -0.2) is 4.99 Å². The molecular weight excluding hydrogens is 348 g/mol. The maximum atomic E-state index is 12.8. The van der Waals surface area contributed by atoms with Crippen LogP contribution in [-0.2, 0) is 4.79 Å². The van der Waals surface area contributed by atoms with Crippen LogP contribution in [0.5, 0.6) is 11.5 Å². The maximum absolute atomic E-state index is 12.8. The Kier molecular flexibility index (Phi) is 4.77. The van der Waals surface area contributed by atoms with Crippen LogP contribution >= 0.6 is 0 Å². The second kappa shape index (κ2) is 7.53. The molecule has 138 valence electrons. The lowest BCUT2D eigenvalue weighted by molar-refractivity contribution is -0.113. The van der Waals surface area contributed by atoms with Crippen LogP contribution in [0.4, 0.5) is 5.69 Å². The first-order valence-electron chi connectivity index (χ1n) is 9.11. The second-order valence-electron chi connectivity index (χ2n) is 6.65. The number of hydrogen-bond acceptors (Lipinski definition) is 3. The normalized spacial score (nSPS) is 15.1. The van der Waals surface area contributed by atoms with Gasteiger partial charge in [-0.2, -0.15) is 0 Å². The number of ether oxygens (including phenoxy) is 1. The standard InChI is InChI=1S/C24H20N2O2/c1-17-8-12-21(13-9-17)28-22-14-10-20(11-15-22)26-18(2)25-23(24(26)27)16-19-6-4-3-5-7-19/h3-16H,1-2H3/b23-16+. The molecule has 0 unspecified atom stereocenters. The summed E-state index contributed by atoms with van der Waals surface area (Å²) in [5, 5.41) is 0. The number of rotatable bonds is 4. The van der Waals surface area contributed by atoms with Crippen molar-refractivity contribution in [2.24, 2.45) is 4.99 Å². The minimum absolute atomic E-state index is 0.131. The van der Waals surface area contributed by atoms with Crippen molar-refractivity contribution in [2.75, 3.05) is 4.90 Å².